The maximum absolute atomic E-state index is 13.5. The molecule has 0 aliphatic rings. The van der Waals surface area contributed by atoms with E-state index in [9.17, 15) is 9.18 Å². The minimum Gasteiger partial charge on any atom is -0.294 e. The summed E-state index contributed by atoms with van der Waals surface area (Å²) >= 11 is 4.76. The second-order valence-electron chi connectivity index (χ2n) is 3.80. The van der Waals surface area contributed by atoms with E-state index in [1.54, 1.807) is 12.1 Å². The number of carbonyl (C=O) groups is 1. The van der Waals surface area contributed by atoms with Crippen molar-refractivity contribution in [2.75, 3.05) is 0 Å². The third-order valence-corrected chi connectivity index (χ3v) is 3.87. The SMILES string of the molecule is Cc1cscc1C(=O)Cc1cc(Br)ccc1F. The third kappa shape index (κ3) is 2.82. The second kappa shape index (κ2) is 5.10. The van der Waals surface area contributed by atoms with Gasteiger partial charge in [-0.15, -0.1) is 0 Å². The molecule has 1 aromatic carbocycles. The molecule has 0 atom stereocenters. The number of carbonyl (C=O) groups excluding carboxylic acids is 1. The van der Waals surface area contributed by atoms with Gasteiger partial charge in [-0.3, -0.25) is 4.79 Å². The van der Waals surface area contributed by atoms with E-state index in [4.69, 9.17) is 0 Å². The molecule has 17 heavy (non-hydrogen) atoms. The van der Waals surface area contributed by atoms with Crippen molar-refractivity contribution in [1.82, 2.24) is 0 Å². The molecule has 1 aromatic heterocycles. The lowest BCUT2D eigenvalue weighted by atomic mass is 10.0. The van der Waals surface area contributed by atoms with E-state index >= 15 is 0 Å². The van der Waals surface area contributed by atoms with Crippen LogP contribution in [0.2, 0.25) is 0 Å². The summed E-state index contributed by atoms with van der Waals surface area (Å²) in [7, 11) is 0. The number of halogens is 2. The standard InChI is InChI=1S/C13H10BrFOS/c1-8-6-17-7-11(8)13(16)5-9-4-10(14)2-3-12(9)15/h2-4,6-7H,5H2,1H3. The average molecular weight is 313 g/mol. The van der Waals surface area contributed by atoms with Crippen molar-refractivity contribution < 1.29 is 9.18 Å². The van der Waals surface area contributed by atoms with Gasteiger partial charge in [0.1, 0.15) is 5.82 Å². The Morgan fingerprint density at radius 2 is 2.18 bits per heavy atom. The largest absolute Gasteiger partial charge is 0.294 e. The lowest BCUT2D eigenvalue weighted by molar-refractivity contribution is 0.0991. The van der Waals surface area contributed by atoms with Crippen molar-refractivity contribution in [2.45, 2.75) is 13.3 Å². The highest BCUT2D eigenvalue weighted by Gasteiger charge is 2.13. The molecule has 0 radical (unpaired) electrons. The van der Waals surface area contributed by atoms with E-state index in [0.717, 1.165) is 10.0 Å². The number of hydrogen-bond acceptors (Lipinski definition) is 2. The Kier molecular flexibility index (Phi) is 3.74. The molecule has 0 bridgehead atoms. The van der Waals surface area contributed by atoms with E-state index in [2.05, 4.69) is 15.9 Å². The van der Waals surface area contributed by atoms with E-state index in [0.29, 0.717) is 11.1 Å². The zero-order valence-electron chi connectivity index (χ0n) is 9.17. The Morgan fingerprint density at radius 1 is 1.41 bits per heavy atom. The van der Waals surface area contributed by atoms with Crippen molar-refractivity contribution in [1.29, 1.82) is 0 Å². The Labute approximate surface area is 111 Å². The Hall–Kier alpha value is -1.00. The molecule has 1 nitrogen and oxygen atoms in total. The smallest absolute Gasteiger partial charge is 0.168 e. The molecule has 2 aromatic rings. The van der Waals surface area contributed by atoms with Gasteiger partial charge in [-0.1, -0.05) is 15.9 Å². The number of ketones is 1. The van der Waals surface area contributed by atoms with Crippen LogP contribution in [-0.2, 0) is 6.42 Å². The molecule has 0 unspecified atom stereocenters. The van der Waals surface area contributed by atoms with Gasteiger partial charge in [0.05, 0.1) is 0 Å². The van der Waals surface area contributed by atoms with Gasteiger partial charge in [-0.05, 0) is 41.6 Å². The Balaban J connectivity index is 2.24. The number of benzene rings is 1. The average Bonchev–Trinajstić information content (AvgIpc) is 2.70. The number of Topliss-reactive ketones (excluding diaryl/α,β-unsaturated/α-hetero) is 1. The molecular weight excluding hydrogens is 303 g/mol. The monoisotopic (exact) mass is 312 g/mol. The van der Waals surface area contributed by atoms with Gasteiger partial charge in [0.2, 0.25) is 0 Å². The van der Waals surface area contributed by atoms with Gasteiger partial charge in [0, 0.05) is 21.8 Å². The van der Waals surface area contributed by atoms with E-state index < -0.39 is 0 Å². The third-order valence-electron chi connectivity index (χ3n) is 2.51. The second-order valence-corrected chi connectivity index (χ2v) is 5.46. The maximum atomic E-state index is 13.5. The first-order valence-corrected chi connectivity index (χ1v) is 6.81. The van der Waals surface area contributed by atoms with Crippen LogP contribution in [-0.4, -0.2) is 5.78 Å². The molecule has 0 saturated carbocycles. The molecule has 1 heterocycles. The predicted molar refractivity (Wildman–Crippen MR) is 71.2 cm³/mol. The minimum absolute atomic E-state index is 0.0410. The molecule has 0 saturated heterocycles. The molecule has 0 aliphatic carbocycles. The first kappa shape index (κ1) is 12.5. The van der Waals surface area contributed by atoms with Crippen LogP contribution in [0.5, 0.6) is 0 Å². The van der Waals surface area contributed by atoms with Gasteiger partial charge < -0.3 is 0 Å². The highest BCUT2D eigenvalue weighted by molar-refractivity contribution is 9.10. The van der Waals surface area contributed by atoms with Crippen LogP contribution < -0.4 is 0 Å². The fourth-order valence-corrected chi connectivity index (χ4v) is 2.85. The van der Waals surface area contributed by atoms with Gasteiger partial charge in [-0.25, -0.2) is 4.39 Å². The van der Waals surface area contributed by atoms with Crippen LogP contribution in [0.15, 0.2) is 33.4 Å². The first-order chi connectivity index (χ1) is 8.08. The molecule has 0 N–H and O–H groups in total. The summed E-state index contributed by atoms with van der Waals surface area (Å²) in [5.74, 6) is -0.379. The van der Waals surface area contributed by atoms with Gasteiger partial charge >= 0.3 is 0 Å². The predicted octanol–water partition coefficient (Wildman–Crippen LogP) is 4.38. The lowest BCUT2D eigenvalue weighted by Gasteiger charge is -2.03. The quantitative estimate of drug-likeness (QED) is 0.768. The molecular formula is C13H10BrFOS. The van der Waals surface area contributed by atoms with Crippen molar-refractivity contribution in [3.8, 4) is 0 Å². The molecule has 88 valence electrons. The van der Waals surface area contributed by atoms with Gasteiger partial charge in [0.15, 0.2) is 5.78 Å². The summed E-state index contributed by atoms with van der Waals surface area (Å²) in [6, 6.07) is 4.64. The van der Waals surface area contributed by atoms with E-state index in [1.165, 1.54) is 17.4 Å². The Morgan fingerprint density at radius 3 is 2.82 bits per heavy atom. The number of hydrogen-bond donors (Lipinski definition) is 0. The molecule has 0 spiro atoms. The van der Waals surface area contributed by atoms with Crippen LogP contribution in [0.25, 0.3) is 0 Å². The van der Waals surface area contributed by atoms with Crippen LogP contribution in [0.3, 0.4) is 0 Å². The Bertz CT molecular complexity index is 562. The fraction of sp³-hybridized carbons (Fsp3) is 0.154. The summed E-state index contributed by atoms with van der Waals surface area (Å²) in [6.07, 6.45) is 0.100. The summed E-state index contributed by atoms with van der Waals surface area (Å²) in [5, 5.41) is 3.73. The van der Waals surface area contributed by atoms with Crippen LogP contribution in [0.1, 0.15) is 21.5 Å². The fourth-order valence-electron chi connectivity index (χ4n) is 1.59. The van der Waals surface area contributed by atoms with E-state index in [-0.39, 0.29) is 18.0 Å². The van der Waals surface area contributed by atoms with Crippen LogP contribution >= 0.6 is 27.3 Å². The first-order valence-electron chi connectivity index (χ1n) is 5.08. The number of aryl methyl sites for hydroxylation is 1. The summed E-state index contributed by atoms with van der Waals surface area (Å²) < 4.78 is 14.3. The molecule has 0 aliphatic heterocycles. The molecule has 2 rings (SSSR count). The normalized spacial score (nSPS) is 10.5. The van der Waals surface area contributed by atoms with Crippen molar-refractivity contribution in [2.24, 2.45) is 0 Å². The highest BCUT2D eigenvalue weighted by Crippen LogP contribution is 2.20. The van der Waals surface area contributed by atoms with Crippen molar-refractivity contribution in [3.05, 3.63) is 55.9 Å². The highest BCUT2D eigenvalue weighted by atomic mass is 79.9. The zero-order valence-corrected chi connectivity index (χ0v) is 11.6. The lowest BCUT2D eigenvalue weighted by Crippen LogP contribution is -2.05. The summed E-state index contributed by atoms with van der Waals surface area (Å²) in [4.78, 5) is 12.0. The van der Waals surface area contributed by atoms with Crippen molar-refractivity contribution in [3.63, 3.8) is 0 Å². The maximum Gasteiger partial charge on any atom is 0.168 e. The summed E-state index contributed by atoms with van der Waals surface area (Å²) in [5.41, 5.74) is 2.07. The van der Waals surface area contributed by atoms with Crippen LogP contribution in [0, 0.1) is 12.7 Å². The summed E-state index contributed by atoms with van der Waals surface area (Å²) in [6.45, 7) is 1.89. The number of rotatable bonds is 3. The minimum atomic E-state index is -0.338. The van der Waals surface area contributed by atoms with Gasteiger partial charge in [-0.2, -0.15) is 11.3 Å². The molecule has 0 amide bonds. The number of thiophene rings is 1. The van der Waals surface area contributed by atoms with Gasteiger partial charge in [0.25, 0.3) is 0 Å². The molecule has 4 heteroatoms. The molecule has 0 fully saturated rings. The topological polar surface area (TPSA) is 17.1 Å². The zero-order chi connectivity index (χ0) is 12.4. The van der Waals surface area contributed by atoms with Crippen LogP contribution in [0.4, 0.5) is 4.39 Å². The van der Waals surface area contributed by atoms with E-state index in [1.807, 2.05) is 17.7 Å². The van der Waals surface area contributed by atoms with Crippen molar-refractivity contribution >= 4 is 33.0 Å².